The molecule has 1 heterocycles. The molecule has 0 radical (unpaired) electrons. The van der Waals surface area contributed by atoms with E-state index in [2.05, 4.69) is 4.98 Å². The Morgan fingerprint density at radius 3 is 2.67 bits per heavy atom. The van der Waals surface area contributed by atoms with E-state index < -0.39 is 0 Å². The lowest BCUT2D eigenvalue weighted by atomic mass is 10.1. The number of halogens is 1. The van der Waals surface area contributed by atoms with Crippen LogP contribution in [0.15, 0.2) is 53.9 Å². The highest BCUT2D eigenvalue weighted by atomic mass is 35.5. The molecule has 106 valence electrons. The highest BCUT2D eigenvalue weighted by Gasteiger charge is 2.04. The summed E-state index contributed by atoms with van der Waals surface area (Å²) >= 11 is 7.29. The Morgan fingerprint density at radius 2 is 1.95 bits per heavy atom. The number of nitrogen functional groups attached to an aromatic ring is 1. The Kier molecular flexibility index (Phi) is 4.08. The number of anilines is 1. The van der Waals surface area contributed by atoms with E-state index in [1.54, 1.807) is 0 Å². The molecule has 0 amide bonds. The summed E-state index contributed by atoms with van der Waals surface area (Å²) in [5.74, 6) is 0.800. The third-order valence-electron chi connectivity index (χ3n) is 2.97. The Balaban J connectivity index is 1.73. The maximum absolute atomic E-state index is 5.86. The van der Waals surface area contributed by atoms with Gasteiger partial charge in [0.15, 0.2) is 5.13 Å². The van der Waals surface area contributed by atoms with Crippen LogP contribution in [0.25, 0.3) is 11.3 Å². The van der Waals surface area contributed by atoms with Crippen molar-refractivity contribution in [3.05, 3.63) is 64.5 Å². The van der Waals surface area contributed by atoms with Gasteiger partial charge in [-0.1, -0.05) is 35.9 Å². The van der Waals surface area contributed by atoms with Crippen molar-refractivity contribution in [3.63, 3.8) is 0 Å². The molecule has 1 aromatic heterocycles. The lowest BCUT2D eigenvalue weighted by molar-refractivity contribution is 0.306. The zero-order chi connectivity index (χ0) is 14.7. The van der Waals surface area contributed by atoms with E-state index in [4.69, 9.17) is 22.1 Å². The molecule has 5 heteroatoms. The van der Waals surface area contributed by atoms with Crippen LogP contribution in [0, 0.1) is 0 Å². The van der Waals surface area contributed by atoms with E-state index in [9.17, 15) is 0 Å². The summed E-state index contributed by atoms with van der Waals surface area (Å²) in [6.45, 7) is 0.500. The van der Waals surface area contributed by atoms with Crippen LogP contribution in [0.2, 0.25) is 5.02 Å². The largest absolute Gasteiger partial charge is 0.489 e. The van der Waals surface area contributed by atoms with Gasteiger partial charge >= 0.3 is 0 Å². The lowest BCUT2D eigenvalue weighted by Gasteiger charge is -2.07. The van der Waals surface area contributed by atoms with Gasteiger partial charge in [0, 0.05) is 16.0 Å². The molecule has 3 nitrogen and oxygen atoms in total. The smallest absolute Gasteiger partial charge is 0.180 e. The van der Waals surface area contributed by atoms with Gasteiger partial charge in [0.05, 0.1) is 5.69 Å². The van der Waals surface area contributed by atoms with Crippen molar-refractivity contribution < 1.29 is 4.74 Å². The number of hydrogen-bond donors (Lipinski definition) is 1. The van der Waals surface area contributed by atoms with Gasteiger partial charge < -0.3 is 10.5 Å². The van der Waals surface area contributed by atoms with Gasteiger partial charge in [0.2, 0.25) is 0 Å². The summed E-state index contributed by atoms with van der Waals surface area (Å²) in [6, 6.07) is 15.4. The molecule has 0 spiro atoms. The van der Waals surface area contributed by atoms with Crippen molar-refractivity contribution in [2.45, 2.75) is 6.61 Å². The summed E-state index contributed by atoms with van der Waals surface area (Å²) in [7, 11) is 0. The van der Waals surface area contributed by atoms with Gasteiger partial charge in [-0.3, -0.25) is 0 Å². The van der Waals surface area contributed by atoms with Crippen molar-refractivity contribution >= 4 is 28.1 Å². The van der Waals surface area contributed by atoms with Crippen molar-refractivity contribution in [1.82, 2.24) is 4.98 Å². The Bertz CT molecular complexity index is 740. The van der Waals surface area contributed by atoms with Gasteiger partial charge in [-0.05, 0) is 29.8 Å². The second-order valence-electron chi connectivity index (χ2n) is 4.51. The predicted molar refractivity (Wildman–Crippen MR) is 87.7 cm³/mol. The third-order valence-corrected chi connectivity index (χ3v) is 3.90. The first-order chi connectivity index (χ1) is 10.2. The quantitative estimate of drug-likeness (QED) is 0.763. The summed E-state index contributed by atoms with van der Waals surface area (Å²) < 4.78 is 5.80. The van der Waals surface area contributed by atoms with E-state index >= 15 is 0 Å². The summed E-state index contributed by atoms with van der Waals surface area (Å²) in [6.07, 6.45) is 0. The molecule has 0 aliphatic heterocycles. The molecule has 0 fully saturated rings. The van der Waals surface area contributed by atoms with Crippen LogP contribution < -0.4 is 10.5 Å². The number of aromatic nitrogens is 1. The molecule has 0 atom stereocenters. The molecule has 0 saturated heterocycles. The van der Waals surface area contributed by atoms with Crippen LogP contribution in [-0.4, -0.2) is 4.98 Å². The fraction of sp³-hybridized carbons (Fsp3) is 0.0625. The van der Waals surface area contributed by atoms with Crippen molar-refractivity contribution in [2.75, 3.05) is 5.73 Å². The van der Waals surface area contributed by atoms with Crippen molar-refractivity contribution in [1.29, 1.82) is 0 Å². The van der Waals surface area contributed by atoms with E-state index in [0.717, 1.165) is 27.6 Å². The third kappa shape index (κ3) is 3.54. The number of thiazole rings is 1. The minimum atomic E-state index is 0.500. The Hall–Kier alpha value is -2.04. The number of nitrogens with zero attached hydrogens (tertiary/aromatic N) is 1. The van der Waals surface area contributed by atoms with E-state index in [1.165, 1.54) is 11.3 Å². The normalized spacial score (nSPS) is 10.5. The maximum atomic E-state index is 5.86. The van der Waals surface area contributed by atoms with E-state index in [-0.39, 0.29) is 0 Å². The highest BCUT2D eigenvalue weighted by molar-refractivity contribution is 7.13. The number of benzene rings is 2. The van der Waals surface area contributed by atoms with Crippen LogP contribution >= 0.6 is 22.9 Å². The van der Waals surface area contributed by atoms with Crippen molar-refractivity contribution in [2.24, 2.45) is 0 Å². The lowest BCUT2D eigenvalue weighted by Crippen LogP contribution is -1.95. The predicted octanol–water partition coefficient (Wildman–Crippen LogP) is 4.62. The molecule has 0 bridgehead atoms. The SMILES string of the molecule is Nc1nc(-c2cccc(OCc3ccc(Cl)cc3)c2)cs1. The molecule has 0 unspecified atom stereocenters. The molecule has 3 aromatic rings. The summed E-state index contributed by atoms with van der Waals surface area (Å²) in [5, 5.41) is 3.23. The number of ether oxygens (including phenoxy) is 1. The molecule has 21 heavy (non-hydrogen) atoms. The number of rotatable bonds is 4. The second kappa shape index (κ2) is 6.16. The topological polar surface area (TPSA) is 48.1 Å². The first kappa shape index (κ1) is 13.9. The zero-order valence-electron chi connectivity index (χ0n) is 11.1. The molecule has 3 rings (SSSR count). The van der Waals surface area contributed by atoms with Crippen LogP contribution in [0.3, 0.4) is 0 Å². The molecule has 2 N–H and O–H groups in total. The number of nitrogens with two attached hydrogens (primary N) is 1. The Morgan fingerprint density at radius 1 is 1.14 bits per heavy atom. The van der Waals surface area contributed by atoms with Gasteiger partial charge in [0.25, 0.3) is 0 Å². The average Bonchev–Trinajstić information content (AvgIpc) is 2.94. The standard InChI is InChI=1S/C16H13ClN2OS/c17-13-6-4-11(5-7-13)9-20-14-3-1-2-12(8-14)15-10-21-16(18)19-15/h1-8,10H,9H2,(H2,18,19). The van der Waals surface area contributed by atoms with Gasteiger partial charge in [-0.15, -0.1) is 11.3 Å². The summed E-state index contributed by atoms with van der Waals surface area (Å²) in [5.41, 5.74) is 8.60. The maximum Gasteiger partial charge on any atom is 0.180 e. The first-order valence-electron chi connectivity index (χ1n) is 6.39. The van der Waals surface area contributed by atoms with Crippen molar-refractivity contribution in [3.8, 4) is 17.0 Å². The monoisotopic (exact) mass is 316 g/mol. The second-order valence-corrected chi connectivity index (χ2v) is 5.84. The van der Waals surface area contributed by atoms with E-state index in [1.807, 2.05) is 53.9 Å². The fourth-order valence-electron chi connectivity index (χ4n) is 1.91. The van der Waals surface area contributed by atoms with Crippen LogP contribution in [-0.2, 0) is 6.61 Å². The minimum absolute atomic E-state index is 0.500. The number of hydrogen-bond acceptors (Lipinski definition) is 4. The van der Waals surface area contributed by atoms with Crippen LogP contribution in [0.1, 0.15) is 5.56 Å². The molecule has 0 saturated carbocycles. The molecule has 2 aromatic carbocycles. The molecular weight excluding hydrogens is 304 g/mol. The van der Waals surface area contributed by atoms with Gasteiger partial charge in [-0.2, -0.15) is 0 Å². The van der Waals surface area contributed by atoms with Crippen LogP contribution in [0.4, 0.5) is 5.13 Å². The minimum Gasteiger partial charge on any atom is -0.489 e. The van der Waals surface area contributed by atoms with Gasteiger partial charge in [-0.25, -0.2) is 4.98 Å². The molecule has 0 aliphatic rings. The molecular formula is C16H13ClN2OS. The zero-order valence-corrected chi connectivity index (χ0v) is 12.7. The van der Waals surface area contributed by atoms with Crippen LogP contribution in [0.5, 0.6) is 5.75 Å². The van der Waals surface area contributed by atoms with Gasteiger partial charge in [0.1, 0.15) is 12.4 Å². The average molecular weight is 317 g/mol. The molecule has 0 aliphatic carbocycles. The fourth-order valence-corrected chi connectivity index (χ4v) is 2.61. The summed E-state index contributed by atoms with van der Waals surface area (Å²) in [4.78, 5) is 4.28. The van der Waals surface area contributed by atoms with E-state index in [0.29, 0.717) is 11.7 Å². The first-order valence-corrected chi connectivity index (χ1v) is 7.65. The highest BCUT2D eigenvalue weighted by Crippen LogP contribution is 2.26. The Labute approximate surface area is 132 Å².